The predicted molar refractivity (Wildman–Crippen MR) is 131 cm³/mol. The molecule has 1 heterocycles. The molecule has 1 saturated heterocycles. The van der Waals surface area contributed by atoms with Crippen LogP contribution in [0.3, 0.4) is 0 Å². The summed E-state index contributed by atoms with van der Waals surface area (Å²) in [4.78, 5) is 27.0. The van der Waals surface area contributed by atoms with Gasteiger partial charge in [-0.05, 0) is 61.2 Å². The zero-order chi connectivity index (χ0) is 27.7. The lowest BCUT2D eigenvalue weighted by atomic mass is 9.76. The van der Waals surface area contributed by atoms with Gasteiger partial charge in [0.15, 0.2) is 0 Å². The Morgan fingerprint density at radius 2 is 1.39 bits per heavy atom. The van der Waals surface area contributed by atoms with E-state index in [-0.39, 0.29) is 17.4 Å². The van der Waals surface area contributed by atoms with Crippen LogP contribution in [0, 0.1) is 0 Å². The quantitative estimate of drug-likeness (QED) is 0.417. The fourth-order valence-corrected chi connectivity index (χ4v) is 5.37. The first kappa shape index (κ1) is 28.0. The standard InChI is InChI=1S/C28H30F6N2O2/c1-18(19-15-21(27(29,30)31)17-22(16-19)28(32,33)34)25(38)35-26(11-3-2-4-12-26)20-5-7-23(8-6-20)36-13-9-24(37)10-14-36/h5-8,15-18H,2-4,9-14H2,1H3,(H,35,38). The van der Waals surface area contributed by atoms with E-state index in [9.17, 15) is 35.9 Å². The highest BCUT2D eigenvalue weighted by molar-refractivity contribution is 5.84. The molecule has 0 aromatic heterocycles. The van der Waals surface area contributed by atoms with Crippen molar-refractivity contribution in [3.8, 4) is 0 Å². The van der Waals surface area contributed by atoms with E-state index >= 15 is 0 Å². The highest BCUT2D eigenvalue weighted by Crippen LogP contribution is 2.40. The Hall–Kier alpha value is -3.04. The van der Waals surface area contributed by atoms with Crippen LogP contribution in [0.5, 0.6) is 0 Å². The summed E-state index contributed by atoms with van der Waals surface area (Å²) < 4.78 is 80.1. The number of nitrogens with zero attached hydrogens (tertiary/aromatic N) is 1. The van der Waals surface area contributed by atoms with Crippen LogP contribution in [0.15, 0.2) is 42.5 Å². The van der Waals surface area contributed by atoms with Crippen LogP contribution in [0.2, 0.25) is 0 Å². The summed E-state index contributed by atoms with van der Waals surface area (Å²) in [5.74, 6) is -1.63. The van der Waals surface area contributed by atoms with Crippen molar-refractivity contribution in [3.05, 3.63) is 64.7 Å². The average Bonchev–Trinajstić information content (AvgIpc) is 2.88. The number of ketones is 1. The lowest BCUT2D eigenvalue weighted by Crippen LogP contribution is -2.48. The first-order chi connectivity index (χ1) is 17.8. The summed E-state index contributed by atoms with van der Waals surface area (Å²) in [5.41, 5.74) is -2.20. The number of nitrogens with one attached hydrogen (secondary N) is 1. The van der Waals surface area contributed by atoms with E-state index in [2.05, 4.69) is 10.2 Å². The molecule has 1 aliphatic heterocycles. The van der Waals surface area contributed by atoms with Gasteiger partial charge < -0.3 is 10.2 Å². The molecule has 1 N–H and O–H groups in total. The molecule has 1 unspecified atom stereocenters. The third kappa shape index (κ3) is 6.15. The summed E-state index contributed by atoms with van der Waals surface area (Å²) in [6.07, 6.45) is -5.15. The molecule has 2 aliphatic rings. The number of amides is 1. The van der Waals surface area contributed by atoms with E-state index in [1.54, 1.807) is 0 Å². The zero-order valence-corrected chi connectivity index (χ0v) is 21.0. The summed E-state index contributed by atoms with van der Waals surface area (Å²) in [6, 6.07) is 8.98. The van der Waals surface area contributed by atoms with Crippen LogP contribution >= 0.6 is 0 Å². The SMILES string of the molecule is CC(C(=O)NC1(c2ccc(N3CCC(=O)CC3)cc2)CCCCC1)c1cc(C(F)(F)F)cc(C(F)(F)F)c1. The number of halogens is 6. The molecule has 1 amide bonds. The summed E-state index contributed by atoms with van der Waals surface area (Å²) >= 11 is 0. The number of benzene rings is 2. The van der Waals surface area contributed by atoms with E-state index in [1.807, 2.05) is 24.3 Å². The molecule has 0 spiro atoms. The molecule has 10 heteroatoms. The number of hydrogen-bond donors (Lipinski definition) is 1. The van der Waals surface area contributed by atoms with Crippen molar-refractivity contribution in [1.82, 2.24) is 5.32 Å². The third-order valence-corrected chi connectivity index (χ3v) is 7.68. The molecular weight excluding hydrogens is 510 g/mol. The maximum atomic E-state index is 13.4. The van der Waals surface area contributed by atoms with Gasteiger partial charge in [-0.2, -0.15) is 26.3 Å². The van der Waals surface area contributed by atoms with E-state index in [0.29, 0.717) is 50.9 Å². The zero-order valence-electron chi connectivity index (χ0n) is 21.0. The van der Waals surface area contributed by atoms with Crippen LogP contribution in [0.1, 0.15) is 80.0 Å². The Balaban J connectivity index is 1.60. The Labute approximate surface area is 217 Å². The van der Waals surface area contributed by atoms with Crippen molar-refractivity contribution in [1.29, 1.82) is 0 Å². The monoisotopic (exact) mass is 540 g/mol. The number of anilines is 1. The molecule has 1 aliphatic carbocycles. The fraction of sp³-hybridized carbons (Fsp3) is 0.500. The smallest absolute Gasteiger partial charge is 0.371 e. The summed E-state index contributed by atoms with van der Waals surface area (Å²) in [6.45, 7) is 2.59. The van der Waals surface area contributed by atoms with E-state index in [1.165, 1.54) is 6.92 Å². The second-order valence-electron chi connectivity index (χ2n) is 10.3. The molecule has 2 fully saturated rings. The van der Waals surface area contributed by atoms with Gasteiger partial charge >= 0.3 is 12.4 Å². The van der Waals surface area contributed by atoms with Gasteiger partial charge in [0.25, 0.3) is 0 Å². The molecule has 2 aromatic carbocycles. The first-order valence-corrected chi connectivity index (χ1v) is 12.8. The largest absolute Gasteiger partial charge is 0.416 e. The molecule has 0 bridgehead atoms. The van der Waals surface area contributed by atoms with Crippen molar-refractivity contribution in [2.75, 3.05) is 18.0 Å². The van der Waals surface area contributed by atoms with Crippen LogP contribution in [0.25, 0.3) is 0 Å². The van der Waals surface area contributed by atoms with Gasteiger partial charge in [0.1, 0.15) is 5.78 Å². The van der Waals surface area contributed by atoms with Gasteiger partial charge in [-0.15, -0.1) is 0 Å². The minimum absolute atomic E-state index is 0.0660. The van der Waals surface area contributed by atoms with E-state index < -0.39 is 40.8 Å². The molecular formula is C28H30F6N2O2. The van der Waals surface area contributed by atoms with Gasteiger partial charge in [-0.3, -0.25) is 9.59 Å². The second-order valence-corrected chi connectivity index (χ2v) is 10.3. The highest BCUT2D eigenvalue weighted by atomic mass is 19.4. The molecule has 1 saturated carbocycles. The van der Waals surface area contributed by atoms with Crippen LogP contribution in [-0.2, 0) is 27.5 Å². The van der Waals surface area contributed by atoms with Gasteiger partial charge in [0.05, 0.1) is 22.6 Å². The normalized spacial score (nSPS) is 19.2. The predicted octanol–water partition coefficient (Wildman–Crippen LogP) is 6.97. The maximum Gasteiger partial charge on any atom is 0.416 e. The number of carbonyl (C=O) groups is 2. The lowest BCUT2D eigenvalue weighted by molar-refractivity contribution is -0.143. The fourth-order valence-electron chi connectivity index (χ4n) is 5.37. The average molecular weight is 541 g/mol. The Kier molecular flexibility index (Phi) is 7.81. The van der Waals surface area contributed by atoms with Crippen LogP contribution in [-0.4, -0.2) is 24.8 Å². The van der Waals surface area contributed by atoms with Crippen LogP contribution in [0.4, 0.5) is 32.0 Å². The summed E-state index contributed by atoms with van der Waals surface area (Å²) in [5, 5.41) is 3.01. The lowest BCUT2D eigenvalue weighted by Gasteiger charge is -2.40. The van der Waals surface area contributed by atoms with Gasteiger partial charge in [-0.25, -0.2) is 0 Å². The number of rotatable bonds is 5. The molecule has 4 rings (SSSR count). The first-order valence-electron chi connectivity index (χ1n) is 12.8. The number of carbonyl (C=O) groups excluding carboxylic acids is 2. The second kappa shape index (κ2) is 10.6. The third-order valence-electron chi connectivity index (χ3n) is 7.68. The molecule has 2 aromatic rings. The van der Waals surface area contributed by atoms with Gasteiger partial charge in [0.2, 0.25) is 5.91 Å². The Morgan fingerprint density at radius 1 is 0.868 bits per heavy atom. The van der Waals surface area contributed by atoms with E-state index in [4.69, 9.17) is 0 Å². The van der Waals surface area contributed by atoms with Crippen molar-refractivity contribution in [3.63, 3.8) is 0 Å². The van der Waals surface area contributed by atoms with Crippen LogP contribution < -0.4 is 10.2 Å². The molecule has 206 valence electrons. The minimum Gasteiger partial charge on any atom is -0.371 e. The number of piperidine rings is 1. The van der Waals surface area contributed by atoms with E-state index in [0.717, 1.165) is 30.5 Å². The number of alkyl halides is 6. The van der Waals surface area contributed by atoms with Crippen molar-refractivity contribution < 1.29 is 35.9 Å². The van der Waals surface area contributed by atoms with Crippen molar-refractivity contribution in [2.45, 2.75) is 75.7 Å². The summed E-state index contributed by atoms with van der Waals surface area (Å²) in [7, 11) is 0. The number of Topliss-reactive ketones (excluding diaryl/α,β-unsaturated/α-hetero) is 1. The molecule has 38 heavy (non-hydrogen) atoms. The highest BCUT2D eigenvalue weighted by Gasteiger charge is 2.40. The number of hydrogen-bond acceptors (Lipinski definition) is 3. The minimum atomic E-state index is -4.99. The topological polar surface area (TPSA) is 49.4 Å². The van der Waals surface area contributed by atoms with Gasteiger partial charge in [0, 0.05) is 31.6 Å². The maximum absolute atomic E-state index is 13.4. The Morgan fingerprint density at radius 3 is 1.89 bits per heavy atom. The van der Waals surface area contributed by atoms with Crippen molar-refractivity contribution >= 4 is 17.4 Å². The Bertz CT molecular complexity index is 1130. The molecule has 0 radical (unpaired) electrons. The van der Waals surface area contributed by atoms with Crippen molar-refractivity contribution in [2.24, 2.45) is 0 Å². The van der Waals surface area contributed by atoms with Gasteiger partial charge in [-0.1, -0.05) is 31.4 Å². The molecule has 4 nitrogen and oxygen atoms in total. The molecule has 1 atom stereocenters.